The molecule has 0 aliphatic rings. The Morgan fingerprint density at radius 3 is 2.40 bits per heavy atom. The van der Waals surface area contributed by atoms with E-state index >= 15 is 0 Å². The van der Waals surface area contributed by atoms with Crippen LogP contribution in [-0.4, -0.2) is 34.4 Å². The number of hydrogen-bond donors (Lipinski definition) is 0. The zero-order valence-corrected chi connectivity index (χ0v) is 14.8. The number of benzene rings is 2. The van der Waals surface area contributed by atoms with Gasteiger partial charge in [0, 0.05) is 14.2 Å². The van der Waals surface area contributed by atoms with Crippen LogP contribution < -0.4 is 9.47 Å². The Hall–Kier alpha value is -2.57. The minimum absolute atomic E-state index is 0.307. The molecule has 0 radical (unpaired) electrons. The van der Waals surface area contributed by atoms with Crippen molar-refractivity contribution in [1.82, 2.24) is 0 Å². The van der Waals surface area contributed by atoms with Crippen LogP contribution in [0.15, 0.2) is 42.5 Å². The fourth-order valence-corrected chi connectivity index (χ4v) is 2.41. The van der Waals surface area contributed by atoms with Gasteiger partial charge in [0.05, 0.1) is 25.3 Å². The van der Waals surface area contributed by atoms with Crippen molar-refractivity contribution in [2.75, 3.05) is 28.4 Å². The van der Waals surface area contributed by atoms with Gasteiger partial charge in [0.25, 0.3) is 0 Å². The number of carbonyl (C=O) groups is 1. The first-order valence-electron chi connectivity index (χ1n) is 7.66. The summed E-state index contributed by atoms with van der Waals surface area (Å²) in [4.78, 5) is 11.6. The van der Waals surface area contributed by atoms with Crippen molar-refractivity contribution >= 4 is 5.97 Å². The normalized spacial score (nSPS) is 10.6. The van der Waals surface area contributed by atoms with E-state index in [1.165, 1.54) is 7.11 Å². The molecule has 0 unspecified atom stereocenters. The molecule has 25 heavy (non-hydrogen) atoms. The third kappa shape index (κ3) is 4.71. The highest BCUT2D eigenvalue weighted by Crippen LogP contribution is 2.31. The second kappa shape index (κ2) is 9.05. The van der Waals surface area contributed by atoms with Gasteiger partial charge in [-0.3, -0.25) is 0 Å². The van der Waals surface area contributed by atoms with E-state index < -0.39 is 6.29 Å². The van der Waals surface area contributed by atoms with Crippen molar-refractivity contribution in [3.8, 4) is 11.5 Å². The van der Waals surface area contributed by atoms with Gasteiger partial charge in [-0.05, 0) is 35.9 Å². The Morgan fingerprint density at radius 1 is 1.00 bits per heavy atom. The van der Waals surface area contributed by atoms with Crippen LogP contribution in [0.25, 0.3) is 0 Å². The van der Waals surface area contributed by atoms with E-state index in [1.54, 1.807) is 57.7 Å². The van der Waals surface area contributed by atoms with E-state index in [-0.39, 0.29) is 5.97 Å². The van der Waals surface area contributed by atoms with Gasteiger partial charge in [-0.2, -0.15) is 0 Å². The third-order valence-corrected chi connectivity index (χ3v) is 3.64. The van der Waals surface area contributed by atoms with Gasteiger partial charge in [-0.1, -0.05) is 12.1 Å². The molecule has 2 rings (SSSR count). The maximum Gasteiger partial charge on any atom is 0.337 e. The van der Waals surface area contributed by atoms with E-state index in [2.05, 4.69) is 0 Å². The summed E-state index contributed by atoms with van der Waals surface area (Å²) in [5, 5.41) is 0. The van der Waals surface area contributed by atoms with Gasteiger partial charge in [-0.15, -0.1) is 0 Å². The number of ether oxygens (including phenoxy) is 5. The lowest BCUT2D eigenvalue weighted by molar-refractivity contribution is -0.107. The molecule has 134 valence electrons. The molecule has 0 N–H and O–H groups in total. The van der Waals surface area contributed by atoms with E-state index in [0.29, 0.717) is 23.7 Å². The van der Waals surface area contributed by atoms with Crippen molar-refractivity contribution < 1.29 is 28.5 Å². The summed E-state index contributed by atoms with van der Waals surface area (Å²) >= 11 is 0. The first kappa shape index (κ1) is 18.8. The number of methoxy groups -OCH3 is 4. The van der Waals surface area contributed by atoms with Crippen LogP contribution in [0.4, 0.5) is 0 Å². The second-order valence-electron chi connectivity index (χ2n) is 5.19. The molecular weight excluding hydrogens is 324 g/mol. The standard InChI is InChI=1S/C19H22O6/c1-21-17-9-8-15(11-16(17)19(23-3)24-4)25-12-13-6-5-7-14(10-13)18(20)22-2/h5-11,19H,12H2,1-4H3. The van der Waals surface area contributed by atoms with Crippen molar-refractivity contribution in [3.05, 3.63) is 59.2 Å². The molecule has 0 saturated heterocycles. The molecule has 0 aliphatic heterocycles. The summed E-state index contributed by atoms with van der Waals surface area (Å²) in [6, 6.07) is 12.5. The lowest BCUT2D eigenvalue weighted by Crippen LogP contribution is -2.07. The van der Waals surface area contributed by atoms with Crippen molar-refractivity contribution in [2.45, 2.75) is 12.9 Å². The molecule has 6 heteroatoms. The number of carbonyl (C=O) groups excluding carboxylic acids is 1. The molecular formula is C19H22O6. The molecule has 6 nitrogen and oxygen atoms in total. The second-order valence-corrected chi connectivity index (χ2v) is 5.19. The van der Waals surface area contributed by atoms with E-state index in [4.69, 9.17) is 23.7 Å². The largest absolute Gasteiger partial charge is 0.496 e. The molecule has 0 spiro atoms. The molecule has 0 bridgehead atoms. The first-order chi connectivity index (χ1) is 12.1. The zero-order valence-electron chi connectivity index (χ0n) is 14.8. The lowest BCUT2D eigenvalue weighted by Gasteiger charge is -2.18. The summed E-state index contributed by atoms with van der Waals surface area (Å²) in [6.45, 7) is 0.307. The Morgan fingerprint density at radius 2 is 1.76 bits per heavy atom. The fourth-order valence-electron chi connectivity index (χ4n) is 2.41. The fraction of sp³-hybridized carbons (Fsp3) is 0.316. The highest BCUT2D eigenvalue weighted by Gasteiger charge is 2.16. The minimum Gasteiger partial charge on any atom is -0.496 e. The lowest BCUT2D eigenvalue weighted by atomic mass is 10.1. The highest BCUT2D eigenvalue weighted by atomic mass is 16.7. The number of rotatable bonds is 8. The summed E-state index contributed by atoms with van der Waals surface area (Å²) in [5.41, 5.74) is 2.07. The van der Waals surface area contributed by atoms with Crippen LogP contribution >= 0.6 is 0 Å². The van der Waals surface area contributed by atoms with Gasteiger partial charge in [0.1, 0.15) is 18.1 Å². The van der Waals surface area contributed by atoms with Crippen LogP contribution in [-0.2, 0) is 20.8 Å². The molecule has 0 aromatic heterocycles. The van der Waals surface area contributed by atoms with Crippen molar-refractivity contribution in [1.29, 1.82) is 0 Å². The highest BCUT2D eigenvalue weighted by molar-refractivity contribution is 5.89. The van der Waals surface area contributed by atoms with Crippen LogP contribution in [0.2, 0.25) is 0 Å². The SMILES string of the molecule is COC(=O)c1cccc(COc2ccc(OC)c(C(OC)OC)c2)c1. The number of hydrogen-bond acceptors (Lipinski definition) is 6. The van der Waals surface area contributed by atoms with Gasteiger partial charge in [0.2, 0.25) is 0 Å². The molecule has 2 aromatic carbocycles. The monoisotopic (exact) mass is 346 g/mol. The maximum absolute atomic E-state index is 11.6. The van der Waals surface area contributed by atoms with E-state index in [1.807, 2.05) is 6.07 Å². The van der Waals surface area contributed by atoms with Crippen molar-refractivity contribution in [2.24, 2.45) is 0 Å². The average molecular weight is 346 g/mol. The molecule has 0 atom stereocenters. The Labute approximate surface area is 147 Å². The quantitative estimate of drug-likeness (QED) is 0.539. The van der Waals surface area contributed by atoms with Crippen LogP contribution in [0, 0.1) is 0 Å². The maximum atomic E-state index is 11.6. The summed E-state index contributed by atoms with van der Waals surface area (Å²) < 4.78 is 26.5. The van der Waals surface area contributed by atoms with Gasteiger partial charge in [0.15, 0.2) is 6.29 Å². The van der Waals surface area contributed by atoms with Crippen LogP contribution in [0.5, 0.6) is 11.5 Å². The van der Waals surface area contributed by atoms with E-state index in [9.17, 15) is 4.79 Å². The van der Waals surface area contributed by atoms with Crippen LogP contribution in [0.3, 0.4) is 0 Å². The molecule has 2 aromatic rings. The molecule has 0 saturated carbocycles. The zero-order chi connectivity index (χ0) is 18.2. The summed E-state index contributed by atoms with van der Waals surface area (Å²) in [5.74, 6) is 0.906. The molecule has 0 heterocycles. The average Bonchev–Trinajstić information content (AvgIpc) is 2.67. The Bertz CT molecular complexity index is 709. The minimum atomic E-state index is -0.554. The van der Waals surface area contributed by atoms with E-state index in [0.717, 1.165) is 11.1 Å². The Kier molecular flexibility index (Phi) is 6.80. The summed E-state index contributed by atoms with van der Waals surface area (Å²) in [6.07, 6.45) is -0.554. The first-order valence-corrected chi connectivity index (χ1v) is 7.66. The molecule has 0 aliphatic carbocycles. The smallest absolute Gasteiger partial charge is 0.337 e. The van der Waals surface area contributed by atoms with Crippen molar-refractivity contribution in [3.63, 3.8) is 0 Å². The predicted octanol–water partition coefficient (Wildman–Crippen LogP) is 3.35. The Balaban J connectivity index is 2.15. The number of esters is 1. The third-order valence-electron chi connectivity index (χ3n) is 3.64. The van der Waals surface area contributed by atoms with Gasteiger partial charge >= 0.3 is 5.97 Å². The van der Waals surface area contributed by atoms with Gasteiger partial charge < -0.3 is 23.7 Å². The topological polar surface area (TPSA) is 63.2 Å². The molecule has 0 amide bonds. The summed E-state index contributed by atoms with van der Waals surface area (Å²) in [7, 11) is 6.05. The molecule has 0 fully saturated rings. The van der Waals surface area contributed by atoms with Gasteiger partial charge in [-0.25, -0.2) is 4.79 Å². The van der Waals surface area contributed by atoms with Crippen LogP contribution in [0.1, 0.15) is 27.8 Å². The predicted molar refractivity (Wildman–Crippen MR) is 91.9 cm³/mol.